The number of carboxylic acids is 1. The van der Waals surface area contributed by atoms with Gasteiger partial charge in [0.1, 0.15) is 6.54 Å². The molecule has 1 rings (SSSR count). The van der Waals surface area contributed by atoms with Crippen molar-refractivity contribution in [3.8, 4) is 0 Å². The van der Waals surface area contributed by atoms with Crippen molar-refractivity contribution < 1.29 is 23.2 Å². The second-order valence-electron chi connectivity index (χ2n) is 6.32. The molecule has 0 saturated carbocycles. The molecule has 0 fully saturated rings. The Morgan fingerprint density at radius 1 is 1.18 bits per heavy atom. The number of carbonyl (C=O) groups is 1. The van der Waals surface area contributed by atoms with Crippen LogP contribution in [-0.2, 0) is 4.79 Å². The van der Waals surface area contributed by atoms with Gasteiger partial charge in [0.2, 0.25) is 6.43 Å². The third-order valence-corrected chi connectivity index (χ3v) is 4.18. The minimum atomic E-state index is -2.15. The summed E-state index contributed by atoms with van der Waals surface area (Å²) in [6.07, 6.45) is 10.4. The standard InChI is InChI=1S/C17H27F2NO2/c1-20(13-10-15(11-14-20)17(21)22)12-8-6-4-2-3-5-7-9-16(18)19/h10-11,13,16H,2-9,12,14H2,1H3/p+1. The maximum Gasteiger partial charge on any atom is 0.335 e. The number of aliphatic carboxylic acids is 1. The van der Waals surface area contributed by atoms with Crippen LogP contribution >= 0.6 is 0 Å². The summed E-state index contributed by atoms with van der Waals surface area (Å²) in [6.45, 7) is 1.73. The van der Waals surface area contributed by atoms with E-state index in [1.165, 1.54) is 0 Å². The number of likely N-dealkylation sites (N-methyl/N-ethyl adjacent to an activating group) is 1. The number of hydrogen-bond donors (Lipinski definition) is 1. The Hall–Kier alpha value is -1.23. The zero-order valence-corrected chi connectivity index (χ0v) is 13.4. The molecule has 1 unspecified atom stereocenters. The second kappa shape index (κ2) is 9.72. The quantitative estimate of drug-likeness (QED) is 0.454. The van der Waals surface area contributed by atoms with E-state index in [0.29, 0.717) is 12.0 Å². The number of alkyl halides is 2. The van der Waals surface area contributed by atoms with E-state index >= 15 is 0 Å². The molecule has 0 aromatic carbocycles. The molecule has 0 spiro atoms. The van der Waals surface area contributed by atoms with Crippen LogP contribution in [0.2, 0.25) is 0 Å². The summed E-state index contributed by atoms with van der Waals surface area (Å²) >= 11 is 0. The number of rotatable bonds is 11. The Balaban J connectivity index is 2.03. The van der Waals surface area contributed by atoms with Crippen molar-refractivity contribution in [2.24, 2.45) is 0 Å². The highest BCUT2D eigenvalue weighted by molar-refractivity contribution is 5.89. The number of unbranched alkanes of at least 4 members (excludes halogenated alkanes) is 6. The van der Waals surface area contributed by atoms with Crippen LogP contribution in [0.5, 0.6) is 0 Å². The van der Waals surface area contributed by atoms with Crippen molar-refractivity contribution in [3.63, 3.8) is 0 Å². The van der Waals surface area contributed by atoms with Crippen LogP contribution in [-0.4, -0.2) is 42.1 Å². The van der Waals surface area contributed by atoms with E-state index in [1.54, 1.807) is 12.2 Å². The third-order valence-electron chi connectivity index (χ3n) is 4.18. The molecule has 3 nitrogen and oxygen atoms in total. The van der Waals surface area contributed by atoms with Gasteiger partial charge in [0.05, 0.1) is 25.4 Å². The summed E-state index contributed by atoms with van der Waals surface area (Å²) in [5.41, 5.74) is 0.374. The van der Waals surface area contributed by atoms with Crippen molar-refractivity contribution in [1.29, 1.82) is 0 Å². The Morgan fingerprint density at radius 3 is 2.27 bits per heavy atom. The predicted octanol–water partition coefficient (Wildman–Crippen LogP) is 4.36. The van der Waals surface area contributed by atoms with Gasteiger partial charge in [0, 0.05) is 12.5 Å². The molecule has 1 N–H and O–H groups in total. The summed E-state index contributed by atoms with van der Waals surface area (Å²) in [7, 11) is 2.11. The van der Waals surface area contributed by atoms with Gasteiger partial charge in [-0.1, -0.05) is 25.7 Å². The Bertz CT molecular complexity index is 407. The molecule has 0 aromatic heterocycles. The lowest BCUT2D eigenvalue weighted by Gasteiger charge is -2.31. The average molecular weight is 316 g/mol. The van der Waals surface area contributed by atoms with E-state index in [9.17, 15) is 13.6 Å². The predicted molar refractivity (Wildman–Crippen MR) is 83.7 cm³/mol. The summed E-state index contributed by atoms with van der Waals surface area (Å²) in [6, 6.07) is 0. The molecule has 0 amide bonds. The highest BCUT2D eigenvalue weighted by Gasteiger charge is 2.22. The molecule has 0 aliphatic carbocycles. The van der Waals surface area contributed by atoms with E-state index in [4.69, 9.17) is 5.11 Å². The van der Waals surface area contributed by atoms with E-state index in [0.717, 1.165) is 56.1 Å². The zero-order chi connectivity index (χ0) is 16.4. The molecule has 1 atom stereocenters. The molecule has 5 heteroatoms. The zero-order valence-electron chi connectivity index (χ0n) is 13.4. The Kier molecular flexibility index (Phi) is 8.31. The van der Waals surface area contributed by atoms with Crippen LogP contribution in [0.3, 0.4) is 0 Å². The van der Waals surface area contributed by atoms with Gasteiger partial charge in [0.25, 0.3) is 0 Å². The number of nitrogens with zero attached hydrogens (tertiary/aromatic N) is 1. The normalized spacial score (nSPS) is 21.2. The van der Waals surface area contributed by atoms with E-state index in [1.807, 2.05) is 6.20 Å². The summed E-state index contributed by atoms with van der Waals surface area (Å²) in [4.78, 5) is 10.8. The SMILES string of the molecule is C[N+]1(CCCCCCCCCC(F)F)C=CC(C(=O)O)=CC1. The lowest BCUT2D eigenvalue weighted by molar-refractivity contribution is -0.854. The molecular formula is C17H28F2NO2+. The van der Waals surface area contributed by atoms with Crippen molar-refractivity contribution >= 4 is 5.97 Å². The smallest absolute Gasteiger partial charge is 0.335 e. The van der Waals surface area contributed by atoms with Crippen LogP contribution in [0.25, 0.3) is 0 Å². The fourth-order valence-corrected chi connectivity index (χ4v) is 2.68. The molecule has 1 aliphatic rings. The molecule has 22 heavy (non-hydrogen) atoms. The van der Waals surface area contributed by atoms with Crippen LogP contribution in [0, 0.1) is 0 Å². The van der Waals surface area contributed by atoms with E-state index < -0.39 is 12.4 Å². The second-order valence-corrected chi connectivity index (χ2v) is 6.32. The summed E-state index contributed by atoms with van der Waals surface area (Å²) in [5, 5.41) is 8.91. The summed E-state index contributed by atoms with van der Waals surface area (Å²) < 4.78 is 24.7. The molecule has 0 aromatic rings. The highest BCUT2D eigenvalue weighted by atomic mass is 19.3. The maximum atomic E-state index is 11.9. The molecular weight excluding hydrogens is 288 g/mol. The van der Waals surface area contributed by atoms with Gasteiger partial charge >= 0.3 is 5.97 Å². The van der Waals surface area contributed by atoms with Crippen LogP contribution in [0.4, 0.5) is 8.78 Å². The first kappa shape index (κ1) is 18.8. The largest absolute Gasteiger partial charge is 0.478 e. The number of halogens is 2. The van der Waals surface area contributed by atoms with Crippen molar-refractivity contribution in [1.82, 2.24) is 0 Å². The van der Waals surface area contributed by atoms with Crippen molar-refractivity contribution in [3.05, 3.63) is 23.9 Å². The molecule has 0 bridgehead atoms. The van der Waals surface area contributed by atoms with Crippen molar-refractivity contribution in [2.45, 2.75) is 57.8 Å². The van der Waals surface area contributed by atoms with Gasteiger partial charge in [-0.25, -0.2) is 13.6 Å². The lowest BCUT2D eigenvalue weighted by Crippen LogP contribution is -2.41. The van der Waals surface area contributed by atoms with Gasteiger partial charge in [-0.05, 0) is 25.3 Å². The minimum absolute atomic E-state index is 0.0357. The number of quaternary nitrogens is 1. The maximum absolute atomic E-state index is 11.9. The van der Waals surface area contributed by atoms with Gasteiger partial charge in [-0.3, -0.25) is 4.48 Å². The fraction of sp³-hybridized carbons (Fsp3) is 0.706. The van der Waals surface area contributed by atoms with Gasteiger partial charge < -0.3 is 5.11 Å². The van der Waals surface area contributed by atoms with Gasteiger partial charge in [-0.15, -0.1) is 0 Å². The van der Waals surface area contributed by atoms with E-state index in [2.05, 4.69) is 7.05 Å². The fourth-order valence-electron chi connectivity index (χ4n) is 2.68. The number of hydrogen-bond acceptors (Lipinski definition) is 1. The topological polar surface area (TPSA) is 37.3 Å². The Morgan fingerprint density at radius 2 is 1.77 bits per heavy atom. The first-order valence-corrected chi connectivity index (χ1v) is 8.18. The monoisotopic (exact) mass is 316 g/mol. The van der Waals surface area contributed by atoms with Gasteiger partial charge in [-0.2, -0.15) is 0 Å². The highest BCUT2D eigenvalue weighted by Crippen LogP contribution is 2.17. The molecule has 1 aliphatic heterocycles. The van der Waals surface area contributed by atoms with Crippen LogP contribution in [0.1, 0.15) is 51.4 Å². The van der Waals surface area contributed by atoms with Gasteiger partial charge in [0.15, 0.2) is 0 Å². The Labute approximate surface area is 131 Å². The first-order chi connectivity index (χ1) is 10.4. The molecule has 0 radical (unpaired) electrons. The van der Waals surface area contributed by atoms with Crippen LogP contribution in [0.15, 0.2) is 23.9 Å². The van der Waals surface area contributed by atoms with Crippen LogP contribution < -0.4 is 0 Å². The minimum Gasteiger partial charge on any atom is -0.478 e. The summed E-state index contributed by atoms with van der Waals surface area (Å²) in [5.74, 6) is -0.866. The third kappa shape index (κ3) is 7.69. The van der Waals surface area contributed by atoms with E-state index in [-0.39, 0.29) is 6.42 Å². The molecule has 0 saturated heterocycles. The lowest BCUT2D eigenvalue weighted by atomic mass is 10.1. The number of carboxylic acid groups (broad SMARTS) is 1. The first-order valence-electron chi connectivity index (χ1n) is 8.18. The molecule has 126 valence electrons. The van der Waals surface area contributed by atoms with Crippen molar-refractivity contribution in [2.75, 3.05) is 20.1 Å². The average Bonchev–Trinajstić information content (AvgIpc) is 2.45. The molecule has 1 heterocycles.